The van der Waals surface area contributed by atoms with Gasteiger partial charge in [-0.25, -0.2) is 0 Å². The summed E-state index contributed by atoms with van der Waals surface area (Å²) in [5.41, 5.74) is 4.18. The average Bonchev–Trinajstić information content (AvgIpc) is 3.00. The Hall–Kier alpha value is -1.75. The van der Waals surface area contributed by atoms with E-state index in [1.165, 1.54) is 0 Å². The van der Waals surface area contributed by atoms with E-state index >= 15 is 0 Å². The fourth-order valence-electron chi connectivity index (χ4n) is 1.67. The minimum Gasteiger partial charge on any atom is -0.466 e. The Labute approximate surface area is 103 Å². The molecule has 86 valence electrons. The van der Waals surface area contributed by atoms with Gasteiger partial charge in [0, 0.05) is 18.0 Å². The van der Waals surface area contributed by atoms with E-state index in [9.17, 15) is 0 Å². The Kier molecular flexibility index (Phi) is 2.40. The van der Waals surface area contributed by atoms with Crippen LogP contribution in [0.15, 0.2) is 52.4 Å². The molecule has 1 aliphatic heterocycles. The predicted molar refractivity (Wildman–Crippen MR) is 67.6 cm³/mol. The molecule has 0 saturated carbocycles. The van der Waals surface area contributed by atoms with Crippen LogP contribution in [0.25, 0.3) is 0 Å². The predicted octanol–water partition coefficient (Wildman–Crippen LogP) is 2.55. The molecule has 1 atom stereocenters. The summed E-state index contributed by atoms with van der Waals surface area (Å²) in [7, 11) is 0. The topological polar surface area (TPSA) is 50.4 Å². The molecule has 0 radical (unpaired) electrons. The normalized spacial score (nSPS) is 23.2. The first-order chi connectivity index (χ1) is 8.28. The number of furan rings is 1. The van der Waals surface area contributed by atoms with Gasteiger partial charge in [-0.05, 0) is 31.2 Å². The maximum Gasteiger partial charge on any atom is 0.160 e. The van der Waals surface area contributed by atoms with Crippen LogP contribution in [0.2, 0.25) is 0 Å². The summed E-state index contributed by atoms with van der Waals surface area (Å²) >= 11 is 1.64. The highest BCUT2D eigenvalue weighted by atomic mass is 32.2. The minimum absolute atomic E-state index is 0.331. The van der Waals surface area contributed by atoms with E-state index < -0.39 is 0 Å². The molecule has 1 N–H and O–H groups in total. The van der Waals surface area contributed by atoms with Gasteiger partial charge in [0.1, 0.15) is 10.8 Å². The first-order valence-corrected chi connectivity index (χ1v) is 6.08. The number of hydrogen-bond donors (Lipinski definition) is 1. The van der Waals surface area contributed by atoms with Crippen LogP contribution < -0.4 is 5.43 Å². The molecular formula is C12H11N3OS. The third-order valence-electron chi connectivity index (χ3n) is 2.59. The summed E-state index contributed by atoms with van der Waals surface area (Å²) in [5, 5.41) is 5.31. The van der Waals surface area contributed by atoms with E-state index in [0.717, 1.165) is 16.4 Å². The van der Waals surface area contributed by atoms with Crippen molar-refractivity contribution in [1.29, 1.82) is 0 Å². The van der Waals surface area contributed by atoms with Gasteiger partial charge in [0.15, 0.2) is 4.87 Å². The number of thioether (sulfide) groups is 1. The van der Waals surface area contributed by atoms with Crippen LogP contribution in [0.5, 0.6) is 0 Å². The zero-order chi connectivity index (χ0) is 11.7. The number of nitrogens with zero attached hydrogens (tertiary/aromatic N) is 2. The van der Waals surface area contributed by atoms with E-state index in [0.29, 0.717) is 0 Å². The van der Waals surface area contributed by atoms with Crippen molar-refractivity contribution in [3.63, 3.8) is 0 Å². The molecule has 1 aliphatic rings. The average molecular weight is 245 g/mol. The van der Waals surface area contributed by atoms with Crippen molar-refractivity contribution in [2.24, 2.45) is 5.10 Å². The molecule has 0 spiro atoms. The van der Waals surface area contributed by atoms with Crippen molar-refractivity contribution in [3.8, 4) is 0 Å². The molecule has 2 aromatic heterocycles. The number of nitrogens with one attached hydrogen (secondary N) is 1. The maximum atomic E-state index is 5.44. The van der Waals surface area contributed by atoms with Crippen molar-refractivity contribution in [1.82, 2.24) is 10.4 Å². The van der Waals surface area contributed by atoms with Gasteiger partial charge in [-0.3, -0.25) is 10.4 Å². The molecule has 0 aliphatic carbocycles. The quantitative estimate of drug-likeness (QED) is 0.883. The summed E-state index contributed by atoms with van der Waals surface area (Å²) in [6.45, 7) is 2.05. The largest absolute Gasteiger partial charge is 0.466 e. The lowest BCUT2D eigenvalue weighted by molar-refractivity contribution is 0.414. The number of hydrogen-bond acceptors (Lipinski definition) is 5. The molecular weight excluding hydrogens is 234 g/mol. The van der Waals surface area contributed by atoms with Crippen LogP contribution in [0.1, 0.15) is 18.2 Å². The molecule has 0 bridgehead atoms. The molecule has 2 aromatic rings. The van der Waals surface area contributed by atoms with Gasteiger partial charge >= 0.3 is 0 Å². The van der Waals surface area contributed by atoms with E-state index in [1.54, 1.807) is 30.4 Å². The van der Waals surface area contributed by atoms with Gasteiger partial charge in [0.05, 0.1) is 6.26 Å². The van der Waals surface area contributed by atoms with Crippen LogP contribution in [0, 0.1) is 0 Å². The smallest absolute Gasteiger partial charge is 0.160 e. The Morgan fingerprint density at radius 2 is 2.12 bits per heavy atom. The van der Waals surface area contributed by atoms with E-state index in [-0.39, 0.29) is 4.87 Å². The zero-order valence-corrected chi connectivity index (χ0v) is 10.1. The van der Waals surface area contributed by atoms with Crippen molar-refractivity contribution >= 4 is 16.8 Å². The molecule has 5 heteroatoms. The fourth-order valence-corrected chi connectivity index (χ4v) is 2.71. The van der Waals surface area contributed by atoms with Crippen molar-refractivity contribution in [3.05, 3.63) is 54.2 Å². The summed E-state index contributed by atoms with van der Waals surface area (Å²) in [6, 6.07) is 7.72. The maximum absolute atomic E-state index is 5.44. The molecule has 17 heavy (non-hydrogen) atoms. The SMILES string of the molecule is CC1(c2ccco2)NN=C(c2ccncc2)S1. The lowest BCUT2D eigenvalue weighted by Gasteiger charge is -2.19. The van der Waals surface area contributed by atoms with Crippen molar-refractivity contribution in [2.75, 3.05) is 0 Å². The molecule has 3 heterocycles. The van der Waals surface area contributed by atoms with E-state index in [1.807, 2.05) is 31.2 Å². The van der Waals surface area contributed by atoms with Gasteiger partial charge in [-0.15, -0.1) is 0 Å². The number of hydrazone groups is 1. The van der Waals surface area contributed by atoms with Crippen LogP contribution in [-0.2, 0) is 4.87 Å². The number of pyridine rings is 1. The van der Waals surface area contributed by atoms with Gasteiger partial charge in [-0.1, -0.05) is 11.8 Å². The Balaban J connectivity index is 1.86. The lowest BCUT2D eigenvalue weighted by Crippen LogP contribution is -2.27. The number of aromatic nitrogens is 1. The Bertz CT molecular complexity index is 538. The monoisotopic (exact) mass is 245 g/mol. The first kappa shape index (κ1) is 10.4. The standard InChI is InChI=1S/C12H11N3OS/c1-12(10-3-2-8-16-10)15-14-11(17-12)9-4-6-13-7-5-9/h2-8,15H,1H3. The minimum atomic E-state index is -0.331. The van der Waals surface area contributed by atoms with E-state index in [4.69, 9.17) is 4.42 Å². The molecule has 0 saturated heterocycles. The first-order valence-electron chi connectivity index (χ1n) is 5.26. The highest BCUT2D eigenvalue weighted by molar-refractivity contribution is 8.15. The van der Waals surface area contributed by atoms with Crippen LogP contribution in [0.3, 0.4) is 0 Å². The Morgan fingerprint density at radius 3 is 2.82 bits per heavy atom. The second kappa shape index (κ2) is 3.92. The second-order valence-electron chi connectivity index (χ2n) is 3.88. The number of rotatable bonds is 2. The molecule has 0 fully saturated rings. The van der Waals surface area contributed by atoms with Crippen LogP contribution >= 0.6 is 11.8 Å². The van der Waals surface area contributed by atoms with Gasteiger partial charge in [0.2, 0.25) is 0 Å². The Morgan fingerprint density at radius 1 is 1.29 bits per heavy atom. The van der Waals surface area contributed by atoms with Crippen LogP contribution in [-0.4, -0.2) is 10.0 Å². The summed E-state index contributed by atoms with van der Waals surface area (Å²) in [6.07, 6.45) is 5.20. The van der Waals surface area contributed by atoms with E-state index in [2.05, 4.69) is 15.5 Å². The van der Waals surface area contributed by atoms with Crippen molar-refractivity contribution in [2.45, 2.75) is 11.8 Å². The summed E-state index contributed by atoms with van der Waals surface area (Å²) < 4.78 is 5.44. The summed E-state index contributed by atoms with van der Waals surface area (Å²) in [5.74, 6) is 0.871. The highest BCUT2D eigenvalue weighted by Crippen LogP contribution is 2.39. The van der Waals surface area contributed by atoms with Crippen molar-refractivity contribution < 1.29 is 4.42 Å². The molecule has 4 nitrogen and oxygen atoms in total. The molecule has 1 unspecified atom stereocenters. The molecule has 0 aromatic carbocycles. The van der Waals surface area contributed by atoms with Gasteiger partial charge in [-0.2, -0.15) is 5.10 Å². The summed E-state index contributed by atoms with van der Waals surface area (Å²) in [4.78, 5) is 3.67. The van der Waals surface area contributed by atoms with Gasteiger partial charge < -0.3 is 4.42 Å². The zero-order valence-electron chi connectivity index (χ0n) is 9.25. The fraction of sp³-hybridized carbons (Fsp3) is 0.167. The second-order valence-corrected chi connectivity index (χ2v) is 5.28. The molecule has 3 rings (SSSR count). The lowest BCUT2D eigenvalue weighted by atomic mass is 10.2. The van der Waals surface area contributed by atoms with Crippen LogP contribution in [0.4, 0.5) is 0 Å². The van der Waals surface area contributed by atoms with Gasteiger partial charge in [0.25, 0.3) is 0 Å². The third kappa shape index (κ3) is 1.82. The molecule has 0 amide bonds. The highest BCUT2D eigenvalue weighted by Gasteiger charge is 2.36. The third-order valence-corrected chi connectivity index (χ3v) is 3.81.